The van der Waals surface area contributed by atoms with E-state index in [1.54, 1.807) is 18.2 Å². The number of rotatable bonds is 4. The van der Waals surface area contributed by atoms with Gasteiger partial charge in [0.1, 0.15) is 11.5 Å². The van der Waals surface area contributed by atoms with E-state index in [1.807, 2.05) is 31.3 Å². The Bertz CT molecular complexity index is 597. The first-order chi connectivity index (χ1) is 9.10. The number of hydrogen-bond donors (Lipinski definition) is 2. The van der Waals surface area contributed by atoms with Crippen LogP contribution < -0.4 is 15.8 Å². The number of anilines is 1. The fourth-order valence-corrected chi connectivity index (χ4v) is 1.94. The molecule has 0 saturated carbocycles. The minimum absolute atomic E-state index is 0.348. The van der Waals surface area contributed by atoms with Gasteiger partial charge in [0.25, 0.3) is 5.91 Å². The number of halogens is 1. The summed E-state index contributed by atoms with van der Waals surface area (Å²) in [7, 11) is 1.84. The van der Waals surface area contributed by atoms with Crippen molar-refractivity contribution in [1.82, 2.24) is 0 Å². The van der Waals surface area contributed by atoms with E-state index in [4.69, 9.17) is 10.5 Å². The van der Waals surface area contributed by atoms with Gasteiger partial charge in [0.2, 0.25) is 0 Å². The minimum atomic E-state index is -0.519. The summed E-state index contributed by atoms with van der Waals surface area (Å²) in [6.07, 6.45) is 0. The van der Waals surface area contributed by atoms with Crippen LogP contribution in [0.5, 0.6) is 11.5 Å². The summed E-state index contributed by atoms with van der Waals surface area (Å²) in [4.78, 5) is 11.3. The quantitative estimate of drug-likeness (QED) is 0.907. The molecule has 0 aliphatic rings. The molecular formula is C14H13BrN2O2. The summed E-state index contributed by atoms with van der Waals surface area (Å²) in [5, 5.41) is 3.02. The van der Waals surface area contributed by atoms with E-state index in [9.17, 15) is 4.79 Å². The van der Waals surface area contributed by atoms with Gasteiger partial charge < -0.3 is 15.8 Å². The van der Waals surface area contributed by atoms with Crippen LogP contribution in [-0.2, 0) is 0 Å². The second kappa shape index (κ2) is 5.75. The molecule has 2 aromatic carbocycles. The van der Waals surface area contributed by atoms with Gasteiger partial charge in [0.15, 0.2) is 0 Å². The lowest BCUT2D eigenvalue weighted by molar-refractivity contribution is 0.0998. The molecule has 0 atom stereocenters. The number of benzene rings is 2. The second-order valence-electron chi connectivity index (χ2n) is 3.88. The van der Waals surface area contributed by atoms with Crippen LogP contribution in [0.1, 0.15) is 10.4 Å². The number of nitrogens with two attached hydrogens (primary N) is 1. The Kier molecular flexibility index (Phi) is 4.06. The highest BCUT2D eigenvalue weighted by atomic mass is 79.9. The predicted molar refractivity (Wildman–Crippen MR) is 78.7 cm³/mol. The van der Waals surface area contributed by atoms with Gasteiger partial charge in [-0.1, -0.05) is 15.9 Å². The van der Waals surface area contributed by atoms with Crippen LogP contribution in [0.4, 0.5) is 5.69 Å². The number of amides is 1. The second-order valence-corrected chi connectivity index (χ2v) is 4.80. The van der Waals surface area contributed by atoms with Crippen molar-refractivity contribution in [2.75, 3.05) is 12.4 Å². The van der Waals surface area contributed by atoms with Gasteiger partial charge in [0.05, 0.1) is 5.56 Å². The Morgan fingerprint density at radius 2 is 1.89 bits per heavy atom. The van der Waals surface area contributed by atoms with Crippen molar-refractivity contribution in [2.24, 2.45) is 5.73 Å². The van der Waals surface area contributed by atoms with Crippen molar-refractivity contribution in [3.63, 3.8) is 0 Å². The van der Waals surface area contributed by atoms with Crippen molar-refractivity contribution in [2.45, 2.75) is 0 Å². The van der Waals surface area contributed by atoms with Crippen molar-refractivity contribution >= 4 is 27.5 Å². The Hall–Kier alpha value is -2.01. The van der Waals surface area contributed by atoms with Gasteiger partial charge in [-0.25, -0.2) is 0 Å². The van der Waals surface area contributed by atoms with Crippen LogP contribution in [-0.4, -0.2) is 13.0 Å². The topological polar surface area (TPSA) is 64.3 Å². The Morgan fingerprint density at radius 1 is 1.21 bits per heavy atom. The first-order valence-electron chi connectivity index (χ1n) is 5.65. The largest absolute Gasteiger partial charge is 0.456 e. The standard InChI is InChI=1S/C14H13BrN2O2/c1-17-10-3-5-11(6-4-10)19-13-8-9(15)2-7-12(13)14(16)18/h2-8,17H,1H3,(H2,16,18). The highest BCUT2D eigenvalue weighted by Gasteiger charge is 2.10. The lowest BCUT2D eigenvalue weighted by Gasteiger charge is -2.10. The number of carbonyl (C=O) groups excluding carboxylic acids is 1. The average molecular weight is 321 g/mol. The summed E-state index contributed by atoms with van der Waals surface area (Å²) < 4.78 is 6.51. The lowest BCUT2D eigenvalue weighted by atomic mass is 10.2. The van der Waals surface area contributed by atoms with E-state index in [1.165, 1.54) is 0 Å². The van der Waals surface area contributed by atoms with E-state index < -0.39 is 5.91 Å². The molecule has 0 fully saturated rings. The lowest BCUT2D eigenvalue weighted by Crippen LogP contribution is -2.12. The molecular weight excluding hydrogens is 308 g/mol. The zero-order valence-electron chi connectivity index (χ0n) is 10.3. The van der Waals surface area contributed by atoms with Crippen LogP contribution in [0.25, 0.3) is 0 Å². The summed E-state index contributed by atoms with van der Waals surface area (Å²) in [5.74, 6) is 0.549. The van der Waals surface area contributed by atoms with Crippen molar-refractivity contribution in [3.05, 3.63) is 52.5 Å². The molecule has 0 heterocycles. The van der Waals surface area contributed by atoms with Gasteiger partial charge in [0, 0.05) is 17.2 Å². The molecule has 1 amide bonds. The van der Waals surface area contributed by atoms with Gasteiger partial charge in [-0.2, -0.15) is 0 Å². The molecule has 3 N–H and O–H groups in total. The van der Waals surface area contributed by atoms with Crippen LogP contribution in [0.3, 0.4) is 0 Å². The highest BCUT2D eigenvalue weighted by molar-refractivity contribution is 9.10. The Balaban J connectivity index is 2.31. The summed E-state index contributed by atoms with van der Waals surface area (Å²) in [6, 6.07) is 12.5. The van der Waals surface area contributed by atoms with Crippen molar-refractivity contribution in [3.8, 4) is 11.5 Å². The van der Waals surface area contributed by atoms with Gasteiger partial charge >= 0.3 is 0 Å². The fourth-order valence-electron chi connectivity index (χ4n) is 1.60. The number of primary amides is 1. The normalized spacial score (nSPS) is 10.0. The Morgan fingerprint density at radius 3 is 2.47 bits per heavy atom. The van der Waals surface area contributed by atoms with E-state index in [0.717, 1.165) is 10.2 Å². The molecule has 0 bridgehead atoms. The average Bonchev–Trinajstić information content (AvgIpc) is 2.39. The number of nitrogens with one attached hydrogen (secondary N) is 1. The molecule has 5 heteroatoms. The molecule has 0 aliphatic carbocycles. The third-order valence-corrected chi connectivity index (χ3v) is 3.07. The fraction of sp³-hybridized carbons (Fsp3) is 0.0714. The zero-order valence-corrected chi connectivity index (χ0v) is 11.9. The summed E-state index contributed by atoms with van der Waals surface area (Å²) in [6.45, 7) is 0. The number of carbonyl (C=O) groups is 1. The molecule has 0 spiro atoms. The number of hydrogen-bond acceptors (Lipinski definition) is 3. The summed E-state index contributed by atoms with van der Waals surface area (Å²) >= 11 is 3.34. The molecule has 2 rings (SSSR count). The van der Waals surface area contributed by atoms with E-state index in [0.29, 0.717) is 17.1 Å². The third kappa shape index (κ3) is 3.26. The molecule has 19 heavy (non-hydrogen) atoms. The first kappa shape index (κ1) is 13.4. The van der Waals surface area contributed by atoms with Crippen LogP contribution in [0.2, 0.25) is 0 Å². The SMILES string of the molecule is CNc1ccc(Oc2cc(Br)ccc2C(N)=O)cc1. The van der Waals surface area contributed by atoms with Gasteiger partial charge in [-0.05, 0) is 42.5 Å². The molecule has 0 aliphatic heterocycles. The molecule has 2 aromatic rings. The molecule has 4 nitrogen and oxygen atoms in total. The third-order valence-electron chi connectivity index (χ3n) is 2.58. The molecule has 0 unspecified atom stereocenters. The maximum absolute atomic E-state index is 11.3. The molecule has 0 radical (unpaired) electrons. The van der Waals surface area contributed by atoms with Crippen molar-refractivity contribution < 1.29 is 9.53 Å². The number of ether oxygens (including phenoxy) is 1. The zero-order chi connectivity index (χ0) is 13.8. The monoisotopic (exact) mass is 320 g/mol. The highest BCUT2D eigenvalue weighted by Crippen LogP contribution is 2.29. The van der Waals surface area contributed by atoms with Crippen LogP contribution in [0, 0.1) is 0 Å². The summed E-state index contributed by atoms with van der Waals surface area (Å²) in [5.41, 5.74) is 6.65. The van der Waals surface area contributed by atoms with E-state index in [-0.39, 0.29) is 0 Å². The minimum Gasteiger partial charge on any atom is -0.456 e. The van der Waals surface area contributed by atoms with Crippen molar-refractivity contribution in [1.29, 1.82) is 0 Å². The maximum Gasteiger partial charge on any atom is 0.252 e. The van der Waals surface area contributed by atoms with E-state index >= 15 is 0 Å². The van der Waals surface area contributed by atoms with Crippen LogP contribution in [0.15, 0.2) is 46.9 Å². The molecule has 0 saturated heterocycles. The van der Waals surface area contributed by atoms with Gasteiger partial charge in [-0.3, -0.25) is 4.79 Å². The van der Waals surface area contributed by atoms with E-state index in [2.05, 4.69) is 21.2 Å². The maximum atomic E-state index is 11.3. The Labute approximate surface area is 119 Å². The first-order valence-corrected chi connectivity index (χ1v) is 6.44. The smallest absolute Gasteiger partial charge is 0.252 e. The molecule has 0 aromatic heterocycles. The van der Waals surface area contributed by atoms with Crippen LogP contribution >= 0.6 is 15.9 Å². The van der Waals surface area contributed by atoms with Gasteiger partial charge in [-0.15, -0.1) is 0 Å². The predicted octanol–water partition coefficient (Wildman–Crippen LogP) is 3.38. The molecule has 98 valence electrons.